The summed E-state index contributed by atoms with van der Waals surface area (Å²) in [5.74, 6) is 0. The van der Waals surface area contributed by atoms with Crippen LogP contribution in [0.1, 0.15) is 5.69 Å². The van der Waals surface area contributed by atoms with Crippen molar-refractivity contribution in [2.24, 2.45) is 0 Å². The zero-order chi connectivity index (χ0) is 12.7. The molecule has 0 amide bonds. The van der Waals surface area contributed by atoms with Crippen molar-refractivity contribution in [1.82, 2.24) is 9.38 Å². The number of fused-ring (bicyclic) bond motifs is 1. The van der Waals surface area contributed by atoms with E-state index in [1.807, 2.05) is 17.5 Å². The quantitative estimate of drug-likeness (QED) is 0.780. The summed E-state index contributed by atoms with van der Waals surface area (Å²) in [5, 5.41) is 12.5. The third kappa shape index (κ3) is 1.82. The van der Waals surface area contributed by atoms with Crippen LogP contribution >= 0.6 is 34.5 Å². The molecule has 0 aromatic carbocycles. The number of pyridine rings is 1. The third-order valence-corrected chi connectivity index (χ3v) is 4.01. The second-order valence-electron chi connectivity index (χ2n) is 3.74. The minimum atomic E-state index is -0.120. The number of rotatable bonds is 2. The molecule has 0 aliphatic heterocycles. The molecule has 0 unspecified atom stereocenters. The summed E-state index contributed by atoms with van der Waals surface area (Å²) in [7, 11) is 0. The summed E-state index contributed by atoms with van der Waals surface area (Å²) in [6.45, 7) is -0.120. The Morgan fingerprint density at radius 3 is 2.89 bits per heavy atom. The molecule has 3 heterocycles. The van der Waals surface area contributed by atoms with Gasteiger partial charge in [-0.1, -0.05) is 29.3 Å². The van der Waals surface area contributed by atoms with E-state index >= 15 is 0 Å². The minimum Gasteiger partial charge on any atom is -0.390 e. The van der Waals surface area contributed by atoms with Crippen molar-refractivity contribution in [3.63, 3.8) is 0 Å². The van der Waals surface area contributed by atoms with Crippen molar-refractivity contribution < 1.29 is 5.11 Å². The molecule has 0 aliphatic rings. The highest BCUT2D eigenvalue weighted by molar-refractivity contribution is 7.13. The number of aliphatic hydroxyl groups is 1. The largest absolute Gasteiger partial charge is 0.390 e. The second kappa shape index (κ2) is 4.55. The highest BCUT2D eigenvalue weighted by Gasteiger charge is 2.16. The van der Waals surface area contributed by atoms with E-state index in [0.717, 1.165) is 10.6 Å². The molecule has 0 bridgehead atoms. The first-order chi connectivity index (χ1) is 8.70. The van der Waals surface area contributed by atoms with E-state index in [1.165, 1.54) is 0 Å². The summed E-state index contributed by atoms with van der Waals surface area (Å²) < 4.78 is 1.74. The fraction of sp³-hybridized carbons (Fsp3) is 0.0833. The van der Waals surface area contributed by atoms with Gasteiger partial charge in [0.2, 0.25) is 0 Å². The molecule has 3 nitrogen and oxygen atoms in total. The molecule has 18 heavy (non-hydrogen) atoms. The summed E-state index contributed by atoms with van der Waals surface area (Å²) in [5.41, 5.74) is 2.04. The molecule has 0 spiro atoms. The average molecular weight is 299 g/mol. The van der Waals surface area contributed by atoms with Crippen molar-refractivity contribution in [3.8, 4) is 10.6 Å². The van der Waals surface area contributed by atoms with Gasteiger partial charge in [-0.25, -0.2) is 4.98 Å². The molecule has 0 radical (unpaired) electrons. The molecule has 92 valence electrons. The van der Waals surface area contributed by atoms with Gasteiger partial charge in [-0.05, 0) is 17.5 Å². The van der Waals surface area contributed by atoms with Gasteiger partial charge in [0.05, 0.1) is 27.2 Å². The summed E-state index contributed by atoms with van der Waals surface area (Å²) in [4.78, 5) is 5.48. The smallest absolute Gasteiger partial charge is 0.156 e. The van der Waals surface area contributed by atoms with Gasteiger partial charge in [-0.15, -0.1) is 11.3 Å². The Balaban J connectivity index is 2.37. The fourth-order valence-electron chi connectivity index (χ4n) is 1.88. The van der Waals surface area contributed by atoms with E-state index < -0.39 is 0 Å². The Kier molecular flexibility index (Phi) is 3.03. The summed E-state index contributed by atoms with van der Waals surface area (Å²) in [6, 6.07) is 5.55. The van der Waals surface area contributed by atoms with Crippen LogP contribution in [0.5, 0.6) is 0 Å². The Morgan fingerprint density at radius 1 is 1.39 bits per heavy atom. The van der Waals surface area contributed by atoms with Crippen LogP contribution in [0, 0.1) is 0 Å². The number of thiophene rings is 1. The third-order valence-electron chi connectivity index (χ3n) is 2.65. The van der Waals surface area contributed by atoms with Crippen LogP contribution in [0.15, 0.2) is 29.8 Å². The highest BCUT2D eigenvalue weighted by atomic mass is 35.5. The number of imidazole rings is 1. The Bertz CT molecular complexity index is 707. The molecule has 0 fully saturated rings. The maximum atomic E-state index is 9.54. The van der Waals surface area contributed by atoms with Gasteiger partial charge in [-0.3, -0.25) is 4.40 Å². The predicted octanol–water partition coefficient (Wildman–Crippen LogP) is 3.86. The van der Waals surface area contributed by atoms with Gasteiger partial charge in [0.1, 0.15) is 5.69 Å². The van der Waals surface area contributed by atoms with E-state index in [-0.39, 0.29) is 6.61 Å². The molecule has 3 rings (SSSR count). The zero-order valence-electron chi connectivity index (χ0n) is 9.10. The van der Waals surface area contributed by atoms with Crippen LogP contribution in [-0.4, -0.2) is 14.5 Å². The highest BCUT2D eigenvalue weighted by Crippen LogP contribution is 2.31. The van der Waals surface area contributed by atoms with Crippen LogP contribution in [0.4, 0.5) is 0 Å². The first-order valence-electron chi connectivity index (χ1n) is 5.21. The zero-order valence-corrected chi connectivity index (χ0v) is 11.4. The molecule has 0 saturated carbocycles. The predicted molar refractivity (Wildman–Crippen MR) is 74.4 cm³/mol. The van der Waals surface area contributed by atoms with Gasteiger partial charge in [0.15, 0.2) is 5.65 Å². The minimum absolute atomic E-state index is 0.120. The van der Waals surface area contributed by atoms with Crippen molar-refractivity contribution in [2.45, 2.75) is 6.61 Å². The van der Waals surface area contributed by atoms with Crippen molar-refractivity contribution in [3.05, 3.63) is 45.5 Å². The first kappa shape index (κ1) is 12.0. The van der Waals surface area contributed by atoms with E-state index in [9.17, 15) is 5.11 Å². The molecule has 0 saturated heterocycles. The number of hydrogen-bond acceptors (Lipinski definition) is 3. The number of aromatic nitrogens is 2. The van der Waals surface area contributed by atoms with Gasteiger partial charge >= 0.3 is 0 Å². The van der Waals surface area contributed by atoms with Crippen molar-refractivity contribution >= 4 is 40.2 Å². The molecule has 3 aromatic rings. The van der Waals surface area contributed by atoms with E-state index in [1.54, 1.807) is 28.0 Å². The molecular weight excluding hydrogens is 291 g/mol. The van der Waals surface area contributed by atoms with Gasteiger partial charge in [0, 0.05) is 6.20 Å². The maximum absolute atomic E-state index is 9.54. The molecule has 3 aromatic heterocycles. The van der Waals surface area contributed by atoms with Gasteiger partial charge in [0.25, 0.3) is 0 Å². The molecule has 1 N–H and O–H groups in total. The lowest BCUT2D eigenvalue weighted by atomic mass is 10.3. The lowest BCUT2D eigenvalue weighted by Crippen LogP contribution is -1.93. The number of halogens is 2. The van der Waals surface area contributed by atoms with Gasteiger partial charge < -0.3 is 5.11 Å². The van der Waals surface area contributed by atoms with Crippen LogP contribution in [0.3, 0.4) is 0 Å². The monoisotopic (exact) mass is 298 g/mol. The van der Waals surface area contributed by atoms with E-state index in [4.69, 9.17) is 23.2 Å². The van der Waals surface area contributed by atoms with Crippen LogP contribution in [-0.2, 0) is 6.61 Å². The SMILES string of the molecule is OCc1c(-c2cccs2)nc2c(Cl)cc(Cl)cn12. The number of nitrogens with zero attached hydrogens (tertiary/aromatic N) is 2. The number of hydrogen-bond donors (Lipinski definition) is 1. The van der Waals surface area contributed by atoms with Crippen molar-refractivity contribution in [1.29, 1.82) is 0 Å². The maximum Gasteiger partial charge on any atom is 0.156 e. The van der Waals surface area contributed by atoms with Crippen LogP contribution in [0.25, 0.3) is 16.2 Å². The Hall–Kier alpha value is -1.07. The van der Waals surface area contributed by atoms with Gasteiger partial charge in [-0.2, -0.15) is 0 Å². The molecule has 0 atom stereocenters. The lowest BCUT2D eigenvalue weighted by Gasteiger charge is -2.01. The Morgan fingerprint density at radius 2 is 2.22 bits per heavy atom. The van der Waals surface area contributed by atoms with E-state index in [0.29, 0.717) is 21.4 Å². The van der Waals surface area contributed by atoms with Crippen LogP contribution in [0.2, 0.25) is 10.0 Å². The summed E-state index contributed by atoms with van der Waals surface area (Å²) >= 11 is 13.7. The standard InChI is InChI=1S/C12H8Cl2N2OS/c13-7-4-8(14)12-15-11(10-2-1-3-18-10)9(6-17)16(12)5-7/h1-5,17H,6H2. The topological polar surface area (TPSA) is 37.5 Å². The second-order valence-corrected chi connectivity index (χ2v) is 5.53. The fourth-order valence-corrected chi connectivity index (χ4v) is 3.13. The van der Waals surface area contributed by atoms with Crippen LogP contribution < -0.4 is 0 Å². The molecular formula is C12H8Cl2N2OS. The Labute approximate surface area is 117 Å². The van der Waals surface area contributed by atoms with Crippen molar-refractivity contribution in [2.75, 3.05) is 0 Å². The average Bonchev–Trinajstić information content (AvgIpc) is 2.93. The lowest BCUT2D eigenvalue weighted by molar-refractivity contribution is 0.276. The number of aliphatic hydroxyl groups excluding tert-OH is 1. The summed E-state index contributed by atoms with van der Waals surface area (Å²) in [6.07, 6.45) is 1.71. The molecule has 6 heteroatoms. The normalized spacial score (nSPS) is 11.3. The van der Waals surface area contributed by atoms with E-state index in [2.05, 4.69) is 4.98 Å². The molecule has 0 aliphatic carbocycles. The first-order valence-corrected chi connectivity index (χ1v) is 6.85.